The predicted octanol–water partition coefficient (Wildman–Crippen LogP) is 5.05. The number of nitrogens with one attached hydrogen (secondary N) is 1. The Balaban J connectivity index is 1.56. The zero-order valence-electron chi connectivity index (χ0n) is 15.5. The first-order valence-corrected chi connectivity index (χ1v) is 9.59. The Morgan fingerprint density at radius 1 is 1.00 bits per heavy atom. The molecule has 134 valence electrons. The summed E-state index contributed by atoms with van der Waals surface area (Å²) in [6.45, 7) is 4.44. The van der Waals surface area contributed by atoms with Gasteiger partial charge in [-0.05, 0) is 68.3 Å². The van der Waals surface area contributed by atoms with Crippen LogP contribution in [0, 0.1) is 0 Å². The van der Waals surface area contributed by atoms with Crippen molar-refractivity contribution >= 4 is 5.57 Å². The molecule has 0 aliphatic carbocycles. The maximum atomic E-state index is 4.05. The summed E-state index contributed by atoms with van der Waals surface area (Å²) in [6.07, 6.45) is 16.0. The maximum Gasteiger partial charge on any atom is 0.115 e. The van der Waals surface area contributed by atoms with Crippen LogP contribution in [-0.4, -0.2) is 23.1 Å². The van der Waals surface area contributed by atoms with Crippen molar-refractivity contribution in [3.8, 4) is 0 Å². The Morgan fingerprint density at radius 3 is 2.52 bits per heavy atom. The third-order valence-electron chi connectivity index (χ3n) is 4.30. The molecule has 0 aliphatic rings. The summed E-state index contributed by atoms with van der Waals surface area (Å²) in [7, 11) is 0. The Bertz CT molecular complexity index is 593. The average molecular weight is 338 g/mol. The van der Waals surface area contributed by atoms with Gasteiger partial charge in [0.15, 0.2) is 0 Å². The van der Waals surface area contributed by atoms with Gasteiger partial charge >= 0.3 is 0 Å². The lowest BCUT2D eigenvalue weighted by atomic mass is 10.00. The number of allylic oxidation sites excluding steroid dienone is 2. The Hall–Kier alpha value is -2.00. The van der Waals surface area contributed by atoms with Crippen molar-refractivity contribution in [1.82, 2.24) is 15.3 Å². The molecule has 2 rings (SSSR count). The van der Waals surface area contributed by atoms with Crippen LogP contribution >= 0.6 is 0 Å². The van der Waals surface area contributed by atoms with Gasteiger partial charge in [0.05, 0.1) is 0 Å². The van der Waals surface area contributed by atoms with Crippen LogP contribution in [0.1, 0.15) is 56.6 Å². The van der Waals surface area contributed by atoms with Gasteiger partial charge in [-0.3, -0.25) is 0 Å². The third kappa shape index (κ3) is 8.08. The van der Waals surface area contributed by atoms with E-state index in [4.69, 9.17) is 0 Å². The number of aromatic nitrogens is 2. The van der Waals surface area contributed by atoms with Crippen LogP contribution in [-0.2, 0) is 6.42 Å². The fraction of sp³-hybridized carbons (Fsp3) is 0.455. The number of nitrogens with zero attached hydrogens (tertiary/aromatic N) is 2. The quantitative estimate of drug-likeness (QED) is 0.551. The van der Waals surface area contributed by atoms with E-state index >= 15 is 0 Å². The largest absolute Gasteiger partial charge is 0.317 e. The first-order valence-electron chi connectivity index (χ1n) is 9.59. The molecular formula is C22H31N3. The lowest BCUT2D eigenvalue weighted by molar-refractivity contribution is 0.606. The molecule has 0 unspecified atom stereocenters. The van der Waals surface area contributed by atoms with E-state index in [1.54, 1.807) is 6.33 Å². The zero-order chi connectivity index (χ0) is 17.6. The summed E-state index contributed by atoms with van der Waals surface area (Å²) in [4.78, 5) is 8.10. The van der Waals surface area contributed by atoms with Gasteiger partial charge in [-0.15, -0.1) is 0 Å². The van der Waals surface area contributed by atoms with Crippen molar-refractivity contribution < 1.29 is 0 Å². The summed E-state index contributed by atoms with van der Waals surface area (Å²) >= 11 is 0. The Morgan fingerprint density at radius 2 is 1.76 bits per heavy atom. The molecule has 0 amide bonds. The second kappa shape index (κ2) is 12.4. The standard InChI is InChI=1S/C22H31N3/c1-2-10-21(22-12-4-3-5-13-22)14-7-9-16-23-15-8-6-11-20-17-24-19-25-18-20/h3-5,12-14,17-19,23H,2,6-11,15-16H2,1H3/b21-14+. The predicted molar refractivity (Wildman–Crippen MR) is 106 cm³/mol. The van der Waals surface area contributed by atoms with Crippen molar-refractivity contribution in [3.63, 3.8) is 0 Å². The van der Waals surface area contributed by atoms with Crippen LogP contribution in [0.15, 0.2) is 55.1 Å². The molecule has 3 nitrogen and oxygen atoms in total. The number of unbranched alkanes of at least 4 members (excludes halogenated alkanes) is 2. The summed E-state index contributed by atoms with van der Waals surface area (Å²) < 4.78 is 0. The molecule has 25 heavy (non-hydrogen) atoms. The second-order valence-electron chi connectivity index (χ2n) is 6.44. The van der Waals surface area contributed by atoms with Crippen LogP contribution in [0.5, 0.6) is 0 Å². The highest BCUT2D eigenvalue weighted by atomic mass is 14.8. The maximum absolute atomic E-state index is 4.05. The Kier molecular flexibility index (Phi) is 9.57. The van der Waals surface area contributed by atoms with Crippen molar-refractivity contribution in [2.45, 2.75) is 51.9 Å². The minimum Gasteiger partial charge on any atom is -0.317 e. The molecule has 0 radical (unpaired) electrons. The highest BCUT2D eigenvalue weighted by Gasteiger charge is 1.99. The topological polar surface area (TPSA) is 37.8 Å². The van der Waals surface area contributed by atoms with Gasteiger partial charge in [-0.1, -0.05) is 49.8 Å². The van der Waals surface area contributed by atoms with Gasteiger partial charge < -0.3 is 5.32 Å². The van der Waals surface area contributed by atoms with Crippen LogP contribution in [0.4, 0.5) is 0 Å². The molecule has 0 aliphatic heterocycles. The first kappa shape index (κ1) is 19.3. The molecule has 0 bridgehead atoms. The minimum absolute atomic E-state index is 1.07. The molecule has 0 saturated carbocycles. The normalized spacial score (nSPS) is 11.6. The van der Waals surface area contributed by atoms with Crippen LogP contribution in [0.25, 0.3) is 5.57 Å². The highest BCUT2D eigenvalue weighted by Crippen LogP contribution is 2.20. The minimum atomic E-state index is 1.07. The van der Waals surface area contributed by atoms with E-state index in [0.717, 1.165) is 25.9 Å². The highest BCUT2D eigenvalue weighted by molar-refractivity contribution is 5.65. The van der Waals surface area contributed by atoms with E-state index in [0.29, 0.717) is 0 Å². The van der Waals surface area contributed by atoms with Crippen molar-refractivity contribution in [1.29, 1.82) is 0 Å². The van der Waals surface area contributed by atoms with Crippen LogP contribution < -0.4 is 5.32 Å². The van der Waals surface area contributed by atoms with Gasteiger partial charge in [0.1, 0.15) is 6.33 Å². The molecule has 0 fully saturated rings. The third-order valence-corrected chi connectivity index (χ3v) is 4.30. The van der Waals surface area contributed by atoms with Crippen molar-refractivity contribution in [2.24, 2.45) is 0 Å². The number of benzene rings is 1. The molecule has 0 saturated heterocycles. The monoisotopic (exact) mass is 337 g/mol. The molecular weight excluding hydrogens is 306 g/mol. The van der Waals surface area contributed by atoms with Gasteiger partial charge in [0.25, 0.3) is 0 Å². The second-order valence-corrected chi connectivity index (χ2v) is 6.44. The lowest BCUT2D eigenvalue weighted by Crippen LogP contribution is -2.16. The molecule has 2 aromatic rings. The van der Waals surface area contributed by atoms with E-state index in [9.17, 15) is 0 Å². The summed E-state index contributed by atoms with van der Waals surface area (Å²) in [5, 5.41) is 3.56. The molecule has 1 heterocycles. The van der Waals surface area contributed by atoms with Crippen LogP contribution in [0.2, 0.25) is 0 Å². The number of aryl methyl sites for hydroxylation is 1. The van der Waals surface area contributed by atoms with Gasteiger partial charge in [0.2, 0.25) is 0 Å². The van der Waals surface area contributed by atoms with E-state index < -0.39 is 0 Å². The van der Waals surface area contributed by atoms with E-state index in [1.165, 1.54) is 48.8 Å². The van der Waals surface area contributed by atoms with E-state index in [1.807, 2.05) is 12.4 Å². The number of hydrogen-bond donors (Lipinski definition) is 1. The van der Waals surface area contributed by atoms with E-state index in [2.05, 4.69) is 58.6 Å². The summed E-state index contributed by atoms with van der Waals surface area (Å²) in [5.41, 5.74) is 4.10. The lowest BCUT2D eigenvalue weighted by Gasteiger charge is -2.07. The Labute approximate surface area is 152 Å². The molecule has 1 aromatic carbocycles. The van der Waals surface area contributed by atoms with Gasteiger partial charge in [-0.25, -0.2) is 9.97 Å². The fourth-order valence-electron chi connectivity index (χ4n) is 2.95. The van der Waals surface area contributed by atoms with Gasteiger partial charge in [0, 0.05) is 12.4 Å². The SMILES string of the molecule is CCC/C(=C\CCCNCCCCc1cncnc1)c1ccccc1. The molecule has 1 N–H and O–H groups in total. The number of rotatable bonds is 12. The van der Waals surface area contributed by atoms with E-state index in [-0.39, 0.29) is 0 Å². The van der Waals surface area contributed by atoms with Crippen molar-refractivity contribution in [3.05, 3.63) is 66.3 Å². The molecule has 1 aromatic heterocycles. The van der Waals surface area contributed by atoms with Crippen LogP contribution in [0.3, 0.4) is 0 Å². The summed E-state index contributed by atoms with van der Waals surface area (Å²) in [6, 6.07) is 10.8. The summed E-state index contributed by atoms with van der Waals surface area (Å²) in [5.74, 6) is 0. The average Bonchev–Trinajstić information content (AvgIpc) is 2.67. The van der Waals surface area contributed by atoms with Crippen molar-refractivity contribution in [2.75, 3.05) is 13.1 Å². The smallest absolute Gasteiger partial charge is 0.115 e. The number of hydrogen-bond acceptors (Lipinski definition) is 3. The first-order chi connectivity index (χ1) is 12.4. The van der Waals surface area contributed by atoms with Gasteiger partial charge in [-0.2, -0.15) is 0 Å². The zero-order valence-corrected chi connectivity index (χ0v) is 15.5. The molecule has 0 atom stereocenters. The molecule has 0 spiro atoms. The fourth-order valence-corrected chi connectivity index (χ4v) is 2.95. The molecule has 3 heteroatoms.